The molecule has 2 N–H and O–H groups in total. The second-order valence-electron chi connectivity index (χ2n) is 3.60. The van der Waals surface area contributed by atoms with E-state index in [2.05, 4.69) is 10.6 Å². The quantitative estimate of drug-likeness (QED) is 0.569. The van der Waals surface area contributed by atoms with Gasteiger partial charge in [-0.2, -0.15) is 0 Å². The van der Waals surface area contributed by atoms with Crippen molar-refractivity contribution >= 4 is 38.8 Å². The van der Waals surface area contributed by atoms with E-state index in [0.717, 1.165) is 13.0 Å². The number of halogens is 1. The van der Waals surface area contributed by atoms with Gasteiger partial charge in [-0.1, -0.05) is 6.92 Å². The molecule has 0 amide bonds. The molecule has 1 aliphatic rings. The summed E-state index contributed by atoms with van der Waals surface area (Å²) in [6.07, 6.45) is 0.967. The normalized spacial score (nSPS) is 28.7. The zero-order chi connectivity index (χ0) is 11.5. The number of rotatable bonds is 3. The standard InChI is InChI=1S/C8H15ClN2O2S2/c1-2-3-10-8(14)11-7-5-15(12,13)4-6(7)9/h6-7H,2-5H2,1H3,(H2,10,11,14). The summed E-state index contributed by atoms with van der Waals surface area (Å²) in [5.41, 5.74) is 0. The molecule has 1 fully saturated rings. The van der Waals surface area contributed by atoms with Gasteiger partial charge in [0.25, 0.3) is 0 Å². The molecule has 1 aliphatic heterocycles. The minimum Gasteiger partial charge on any atom is -0.363 e. The van der Waals surface area contributed by atoms with Crippen LogP contribution in [-0.4, -0.2) is 43.0 Å². The molecule has 2 unspecified atom stereocenters. The summed E-state index contributed by atoms with van der Waals surface area (Å²) < 4.78 is 22.5. The Bertz CT molecular complexity index is 332. The van der Waals surface area contributed by atoms with E-state index in [9.17, 15) is 8.42 Å². The molecule has 1 rings (SSSR count). The van der Waals surface area contributed by atoms with Gasteiger partial charge in [-0.25, -0.2) is 8.42 Å². The molecule has 4 nitrogen and oxygen atoms in total. The number of hydrogen-bond donors (Lipinski definition) is 2. The van der Waals surface area contributed by atoms with Crippen molar-refractivity contribution < 1.29 is 8.42 Å². The van der Waals surface area contributed by atoms with Crippen LogP contribution in [0.15, 0.2) is 0 Å². The van der Waals surface area contributed by atoms with Gasteiger partial charge in [-0.05, 0) is 18.6 Å². The van der Waals surface area contributed by atoms with Gasteiger partial charge < -0.3 is 10.6 Å². The summed E-state index contributed by atoms with van der Waals surface area (Å²) in [6.45, 7) is 2.80. The minimum absolute atomic E-state index is 0.0304. The van der Waals surface area contributed by atoms with Crippen molar-refractivity contribution in [1.29, 1.82) is 0 Å². The Morgan fingerprint density at radius 2 is 2.20 bits per heavy atom. The third-order valence-electron chi connectivity index (χ3n) is 2.14. The molecular weight excluding hydrogens is 256 g/mol. The topological polar surface area (TPSA) is 58.2 Å². The molecule has 7 heteroatoms. The lowest BCUT2D eigenvalue weighted by Gasteiger charge is -2.17. The Balaban J connectivity index is 2.43. The summed E-state index contributed by atoms with van der Waals surface area (Å²) in [4.78, 5) is 0. The zero-order valence-corrected chi connectivity index (χ0v) is 10.9. The maximum Gasteiger partial charge on any atom is 0.166 e. The Labute approximate surface area is 101 Å². The van der Waals surface area contributed by atoms with Gasteiger partial charge in [-0.15, -0.1) is 11.6 Å². The van der Waals surface area contributed by atoms with E-state index in [0.29, 0.717) is 5.11 Å². The first-order valence-corrected chi connectivity index (χ1v) is 7.50. The lowest BCUT2D eigenvalue weighted by molar-refractivity contribution is 0.600. The van der Waals surface area contributed by atoms with Crippen molar-refractivity contribution in [3.8, 4) is 0 Å². The van der Waals surface area contributed by atoms with Crippen LogP contribution in [0.5, 0.6) is 0 Å². The van der Waals surface area contributed by atoms with Crippen LogP contribution >= 0.6 is 23.8 Å². The molecule has 0 aromatic carbocycles. The van der Waals surface area contributed by atoms with Crippen LogP contribution in [0.1, 0.15) is 13.3 Å². The van der Waals surface area contributed by atoms with Crippen LogP contribution in [0.25, 0.3) is 0 Å². The van der Waals surface area contributed by atoms with E-state index in [-0.39, 0.29) is 17.5 Å². The van der Waals surface area contributed by atoms with E-state index < -0.39 is 15.2 Å². The second-order valence-corrected chi connectivity index (χ2v) is 6.72. The van der Waals surface area contributed by atoms with Crippen LogP contribution in [0.3, 0.4) is 0 Å². The van der Waals surface area contributed by atoms with E-state index in [1.165, 1.54) is 0 Å². The first-order chi connectivity index (χ1) is 6.94. The Morgan fingerprint density at radius 1 is 1.53 bits per heavy atom. The van der Waals surface area contributed by atoms with E-state index in [1.54, 1.807) is 0 Å². The van der Waals surface area contributed by atoms with Crippen molar-refractivity contribution in [2.75, 3.05) is 18.1 Å². The fraction of sp³-hybridized carbons (Fsp3) is 0.875. The van der Waals surface area contributed by atoms with Crippen LogP contribution < -0.4 is 10.6 Å². The molecule has 0 radical (unpaired) electrons. The molecule has 1 heterocycles. The third kappa shape index (κ3) is 4.12. The predicted octanol–water partition coefficient (Wildman–Crippen LogP) is 0.265. The fourth-order valence-corrected chi connectivity index (χ4v) is 4.20. The largest absolute Gasteiger partial charge is 0.363 e. The average molecular weight is 271 g/mol. The maximum absolute atomic E-state index is 11.3. The Hall–Kier alpha value is -0.0700. The van der Waals surface area contributed by atoms with Crippen molar-refractivity contribution in [2.45, 2.75) is 24.8 Å². The highest BCUT2D eigenvalue weighted by atomic mass is 35.5. The molecule has 2 atom stereocenters. The molecule has 88 valence electrons. The van der Waals surface area contributed by atoms with Gasteiger partial charge in [0.1, 0.15) is 0 Å². The molecule has 15 heavy (non-hydrogen) atoms. The van der Waals surface area contributed by atoms with E-state index >= 15 is 0 Å². The number of alkyl halides is 1. The molecule has 0 aliphatic carbocycles. The molecule has 0 aromatic heterocycles. The molecule has 1 saturated heterocycles. The Morgan fingerprint density at radius 3 is 2.67 bits per heavy atom. The first kappa shape index (κ1) is 13.0. The van der Waals surface area contributed by atoms with Gasteiger partial charge >= 0.3 is 0 Å². The van der Waals surface area contributed by atoms with Gasteiger partial charge in [0.05, 0.1) is 22.9 Å². The van der Waals surface area contributed by atoms with Crippen LogP contribution in [0.4, 0.5) is 0 Å². The fourth-order valence-electron chi connectivity index (χ4n) is 1.39. The highest BCUT2D eigenvalue weighted by Crippen LogP contribution is 2.17. The summed E-state index contributed by atoms with van der Waals surface area (Å²) >= 11 is 10.9. The number of hydrogen-bond acceptors (Lipinski definition) is 3. The van der Waals surface area contributed by atoms with Crippen molar-refractivity contribution in [1.82, 2.24) is 10.6 Å². The predicted molar refractivity (Wildman–Crippen MR) is 66.1 cm³/mol. The number of nitrogens with one attached hydrogen (secondary N) is 2. The Kier molecular flexibility index (Phi) is 4.61. The third-order valence-corrected chi connectivity index (χ3v) is 4.77. The van der Waals surface area contributed by atoms with Crippen LogP contribution in [0.2, 0.25) is 0 Å². The molecule has 0 aromatic rings. The van der Waals surface area contributed by atoms with Crippen LogP contribution in [-0.2, 0) is 9.84 Å². The number of thiocarbonyl (C=S) groups is 1. The summed E-state index contributed by atoms with van der Waals surface area (Å²) in [6, 6.07) is -0.270. The maximum atomic E-state index is 11.3. The second kappa shape index (κ2) is 5.32. The SMILES string of the molecule is CCCNC(=S)NC1CS(=O)(=O)CC1Cl. The number of sulfone groups is 1. The molecular formula is C8H15ClN2O2S2. The van der Waals surface area contributed by atoms with Gasteiger partial charge in [0.15, 0.2) is 14.9 Å². The zero-order valence-electron chi connectivity index (χ0n) is 8.49. The van der Waals surface area contributed by atoms with Crippen molar-refractivity contribution in [2.24, 2.45) is 0 Å². The van der Waals surface area contributed by atoms with Crippen molar-refractivity contribution in [3.63, 3.8) is 0 Å². The molecule has 0 saturated carbocycles. The highest BCUT2D eigenvalue weighted by Gasteiger charge is 2.36. The van der Waals surface area contributed by atoms with E-state index in [4.69, 9.17) is 23.8 Å². The van der Waals surface area contributed by atoms with Gasteiger partial charge in [0, 0.05) is 6.54 Å². The van der Waals surface area contributed by atoms with Gasteiger partial charge in [0.2, 0.25) is 0 Å². The first-order valence-electron chi connectivity index (χ1n) is 4.83. The van der Waals surface area contributed by atoms with E-state index in [1.807, 2.05) is 6.92 Å². The van der Waals surface area contributed by atoms with Gasteiger partial charge in [-0.3, -0.25) is 0 Å². The molecule has 0 bridgehead atoms. The highest BCUT2D eigenvalue weighted by molar-refractivity contribution is 7.91. The minimum atomic E-state index is -2.99. The van der Waals surface area contributed by atoms with Crippen molar-refractivity contribution in [3.05, 3.63) is 0 Å². The summed E-state index contributed by atoms with van der Waals surface area (Å²) in [5.74, 6) is 0.0950. The summed E-state index contributed by atoms with van der Waals surface area (Å²) in [7, 11) is -2.99. The average Bonchev–Trinajstić information content (AvgIpc) is 2.36. The summed E-state index contributed by atoms with van der Waals surface area (Å²) in [5, 5.41) is 5.99. The lowest BCUT2D eigenvalue weighted by atomic mass is 10.2. The molecule has 0 spiro atoms. The lowest BCUT2D eigenvalue weighted by Crippen LogP contribution is -2.46. The smallest absolute Gasteiger partial charge is 0.166 e. The van der Waals surface area contributed by atoms with Crippen LogP contribution in [0, 0.1) is 0 Å². The monoisotopic (exact) mass is 270 g/mol.